The first-order chi connectivity index (χ1) is 8.11. The van der Waals surface area contributed by atoms with Gasteiger partial charge in [-0.1, -0.05) is 34.8 Å². The highest BCUT2D eigenvalue weighted by atomic mass is 35.5. The van der Waals surface area contributed by atoms with E-state index in [9.17, 15) is 0 Å². The molecule has 0 bridgehead atoms. The molecule has 0 saturated carbocycles. The summed E-state index contributed by atoms with van der Waals surface area (Å²) in [4.78, 5) is 3.97. The van der Waals surface area contributed by atoms with Gasteiger partial charge in [0.25, 0.3) is 0 Å². The van der Waals surface area contributed by atoms with Gasteiger partial charge < -0.3 is 0 Å². The molecule has 2 aromatic rings. The van der Waals surface area contributed by atoms with Gasteiger partial charge in [0, 0.05) is 22.3 Å². The van der Waals surface area contributed by atoms with Gasteiger partial charge in [0.15, 0.2) is 0 Å². The topological polar surface area (TPSA) is 36.7 Å². The molecule has 0 aliphatic carbocycles. The zero-order valence-corrected chi connectivity index (χ0v) is 10.7. The van der Waals surface area contributed by atoms with Gasteiger partial charge in [-0.15, -0.1) is 0 Å². The van der Waals surface area contributed by atoms with Crippen molar-refractivity contribution in [1.82, 2.24) is 4.98 Å². The van der Waals surface area contributed by atoms with E-state index in [0.717, 1.165) is 5.56 Å². The Morgan fingerprint density at radius 2 is 1.88 bits per heavy atom. The Hall–Kier alpha value is -1.27. The maximum atomic E-state index is 8.66. The predicted molar refractivity (Wildman–Crippen MR) is 69.4 cm³/mol. The normalized spacial score (nSPS) is 10.0. The van der Waals surface area contributed by atoms with Gasteiger partial charge in [-0.3, -0.25) is 0 Å². The number of nitriles is 1. The molecule has 0 aliphatic rings. The summed E-state index contributed by atoms with van der Waals surface area (Å²) in [5.74, 6) is 0. The minimum absolute atomic E-state index is 0.345. The van der Waals surface area contributed by atoms with Crippen molar-refractivity contribution in [3.8, 4) is 17.2 Å². The number of aromatic nitrogens is 1. The average Bonchev–Trinajstić information content (AvgIpc) is 2.34. The first kappa shape index (κ1) is 12.2. The highest BCUT2D eigenvalue weighted by Gasteiger charge is 2.09. The minimum Gasteiger partial charge on any atom is -0.245 e. The molecule has 0 saturated heterocycles. The molecule has 0 fully saturated rings. The van der Waals surface area contributed by atoms with Crippen LogP contribution in [0.4, 0.5) is 0 Å². The van der Waals surface area contributed by atoms with Gasteiger partial charge >= 0.3 is 0 Å². The van der Waals surface area contributed by atoms with Crippen LogP contribution in [0.5, 0.6) is 0 Å². The summed E-state index contributed by atoms with van der Waals surface area (Å²) in [5.41, 5.74) is 1.80. The molecule has 1 aromatic heterocycles. The number of nitrogens with zero attached hydrogens (tertiary/aromatic N) is 2. The molecule has 0 atom stereocenters. The lowest BCUT2D eigenvalue weighted by molar-refractivity contribution is 1.26. The van der Waals surface area contributed by atoms with Crippen LogP contribution in [0.1, 0.15) is 5.69 Å². The van der Waals surface area contributed by atoms with Crippen molar-refractivity contribution in [2.45, 2.75) is 0 Å². The van der Waals surface area contributed by atoms with E-state index in [0.29, 0.717) is 26.3 Å². The minimum atomic E-state index is 0.345. The molecule has 2 nitrogen and oxygen atoms in total. The van der Waals surface area contributed by atoms with Crippen molar-refractivity contribution in [2.24, 2.45) is 0 Å². The second-order valence-electron chi connectivity index (χ2n) is 3.29. The Morgan fingerprint density at radius 1 is 1.12 bits per heavy atom. The molecule has 0 unspecified atom stereocenters. The first-order valence-corrected chi connectivity index (χ1v) is 5.76. The van der Waals surface area contributed by atoms with E-state index in [2.05, 4.69) is 4.98 Å². The van der Waals surface area contributed by atoms with E-state index in [1.165, 1.54) is 0 Å². The summed E-state index contributed by atoms with van der Waals surface area (Å²) in [7, 11) is 0. The van der Waals surface area contributed by atoms with Crippen LogP contribution >= 0.6 is 34.8 Å². The van der Waals surface area contributed by atoms with E-state index in [1.54, 1.807) is 30.5 Å². The van der Waals surface area contributed by atoms with Gasteiger partial charge in [-0.2, -0.15) is 5.26 Å². The van der Waals surface area contributed by atoms with Gasteiger partial charge in [-0.05, 0) is 24.3 Å². The van der Waals surface area contributed by atoms with Crippen LogP contribution in [0.15, 0.2) is 30.5 Å². The van der Waals surface area contributed by atoms with Crippen LogP contribution in [-0.2, 0) is 0 Å². The standard InChI is InChI=1S/C12H5Cl3N2/c13-8-3-10(12(15)11(14)4-8)7-1-2-9(5-16)17-6-7/h1-4,6H. The Labute approximate surface area is 113 Å². The van der Waals surface area contributed by atoms with E-state index < -0.39 is 0 Å². The van der Waals surface area contributed by atoms with Crippen LogP contribution in [0.25, 0.3) is 11.1 Å². The Morgan fingerprint density at radius 3 is 2.47 bits per heavy atom. The third kappa shape index (κ3) is 2.53. The molecule has 2 rings (SSSR count). The second kappa shape index (κ2) is 4.93. The van der Waals surface area contributed by atoms with Crippen molar-refractivity contribution < 1.29 is 0 Å². The zero-order chi connectivity index (χ0) is 12.4. The summed E-state index contributed by atoms with van der Waals surface area (Å²) < 4.78 is 0. The molecule has 5 heteroatoms. The van der Waals surface area contributed by atoms with Gasteiger partial charge in [0.05, 0.1) is 10.0 Å². The van der Waals surface area contributed by atoms with E-state index in [-0.39, 0.29) is 0 Å². The maximum absolute atomic E-state index is 8.66. The van der Waals surface area contributed by atoms with Crippen LogP contribution in [0.2, 0.25) is 15.1 Å². The zero-order valence-electron chi connectivity index (χ0n) is 8.42. The molecule has 17 heavy (non-hydrogen) atoms. The summed E-state index contributed by atoms with van der Waals surface area (Å²) in [6, 6.07) is 8.59. The Kier molecular flexibility index (Phi) is 3.54. The molecule has 0 N–H and O–H groups in total. The van der Waals surface area contributed by atoms with E-state index in [1.807, 2.05) is 6.07 Å². The lowest BCUT2D eigenvalue weighted by Gasteiger charge is -2.06. The monoisotopic (exact) mass is 282 g/mol. The van der Waals surface area contributed by atoms with Crippen molar-refractivity contribution in [2.75, 3.05) is 0 Å². The fraction of sp³-hybridized carbons (Fsp3) is 0. The third-order valence-electron chi connectivity index (χ3n) is 2.18. The number of pyridine rings is 1. The summed E-state index contributed by atoms with van der Waals surface area (Å²) in [6.07, 6.45) is 1.56. The summed E-state index contributed by atoms with van der Waals surface area (Å²) >= 11 is 17.9. The predicted octanol–water partition coefficient (Wildman–Crippen LogP) is 4.58. The number of halogens is 3. The molecule has 0 radical (unpaired) electrons. The molecule has 0 amide bonds. The molecule has 0 spiro atoms. The summed E-state index contributed by atoms with van der Waals surface area (Å²) in [5, 5.41) is 9.97. The fourth-order valence-corrected chi connectivity index (χ4v) is 2.10. The van der Waals surface area contributed by atoms with Crippen LogP contribution in [0, 0.1) is 11.3 Å². The number of benzene rings is 1. The largest absolute Gasteiger partial charge is 0.245 e. The lowest BCUT2D eigenvalue weighted by Crippen LogP contribution is -1.85. The van der Waals surface area contributed by atoms with Crippen molar-refractivity contribution >= 4 is 34.8 Å². The van der Waals surface area contributed by atoms with Crippen LogP contribution < -0.4 is 0 Å². The lowest BCUT2D eigenvalue weighted by atomic mass is 10.1. The smallest absolute Gasteiger partial charge is 0.140 e. The third-order valence-corrected chi connectivity index (χ3v) is 3.20. The Bertz CT molecular complexity index is 600. The van der Waals surface area contributed by atoms with Gasteiger partial charge in [0.1, 0.15) is 11.8 Å². The number of rotatable bonds is 1. The van der Waals surface area contributed by atoms with Crippen LogP contribution in [-0.4, -0.2) is 4.98 Å². The average molecular weight is 284 g/mol. The van der Waals surface area contributed by atoms with Crippen LogP contribution in [0.3, 0.4) is 0 Å². The van der Waals surface area contributed by atoms with Crippen molar-refractivity contribution in [3.63, 3.8) is 0 Å². The highest BCUT2D eigenvalue weighted by molar-refractivity contribution is 6.45. The molecule has 1 aromatic carbocycles. The van der Waals surface area contributed by atoms with Crippen molar-refractivity contribution in [3.05, 3.63) is 51.2 Å². The number of hydrogen-bond donors (Lipinski definition) is 0. The van der Waals surface area contributed by atoms with Gasteiger partial charge in [-0.25, -0.2) is 4.98 Å². The van der Waals surface area contributed by atoms with E-state index >= 15 is 0 Å². The quantitative estimate of drug-likeness (QED) is 0.718. The number of hydrogen-bond acceptors (Lipinski definition) is 2. The molecular formula is C12H5Cl3N2. The first-order valence-electron chi connectivity index (χ1n) is 4.63. The molecule has 1 heterocycles. The molecular weight excluding hydrogens is 279 g/mol. The van der Waals surface area contributed by atoms with Crippen molar-refractivity contribution in [1.29, 1.82) is 5.26 Å². The molecule has 84 valence electrons. The van der Waals surface area contributed by atoms with Gasteiger partial charge in [0.2, 0.25) is 0 Å². The fourth-order valence-electron chi connectivity index (χ4n) is 1.39. The SMILES string of the molecule is N#Cc1ccc(-c2cc(Cl)cc(Cl)c2Cl)cn1. The Balaban J connectivity index is 2.56. The molecule has 0 aliphatic heterocycles. The van der Waals surface area contributed by atoms with E-state index in [4.69, 9.17) is 40.1 Å². The second-order valence-corrected chi connectivity index (χ2v) is 4.51. The maximum Gasteiger partial charge on any atom is 0.140 e. The highest BCUT2D eigenvalue weighted by Crippen LogP contribution is 2.36. The summed E-state index contributed by atoms with van der Waals surface area (Å²) in [6.45, 7) is 0.